The number of aromatic carboxylic acids is 1. The molecule has 212 valence electrons. The van der Waals surface area contributed by atoms with Crippen LogP contribution in [0.4, 0.5) is 0 Å². The van der Waals surface area contributed by atoms with Gasteiger partial charge in [-0.25, -0.2) is 4.79 Å². The fourth-order valence-electron chi connectivity index (χ4n) is 4.46. The second-order valence-electron chi connectivity index (χ2n) is 9.83. The molecule has 41 heavy (non-hydrogen) atoms. The van der Waals surface area contributed by atoms with Gasteiger partial charge in [0.15, 0.2) is 0 Å². The van der Waals surface area contributed by atoms with Gasteiger partial charge >= 0.3 is 11.9 Å². The minimum atomic E-state index is -0.944. The van der Waals surface area contributed by atoms with Crippen LogP contribution < -0.4 is 4.74 Å². The number of aliphatic carboxylic acids is 1. The molecule has 0 fully saturated rings. The van der Waals surface area contributed by atoms with Crippen molar-refractivity contribution in [2.24, 2.45) is 0 Å². The molecule has 7 heteroatoms. The number of carboxylic acid groups (broad SMARTS) is 2. The number of carbonyl (C=O) groups is 2. The molecule has 0 aliphatic heterocycles. The molecule has 0 aliphatic carbocycles. The first-order chi connectivity index (χ1) is 20.0. The molecule has 0 aliphatic rings. The topological polar surface area (TPSA) is 87.1 Å². The van der Waals surface area contributed by atoms with Crippen molar-refractivity contribution < 1.29 is 24.5 Å². The Labute approximate surface area is 245 Å². The number of ether oxygens (including phenoxy) is 1. The van der Waals surface area contributed by atoms with Crippen LogP contribution in [0.1, 0.15) is 46.3 Å². The van der Waals surface area contributed by atoms with Crippen molar-refractivity contribution in [1.82, 2.24) is 4.90 Å². The summed E-state index contributed by atoms with van der Waals surface area (Å²) in [4.78, 5) is 26.8. The van der Waals surface area contributed by atoms with Gasteiger partial charge in [0, 0.05) is 29.3 Å². The van der Waals surface area contributed by atoms with E-state index in [1.807, 2.05) is 48.5 Å². The maximum Gasteiger partial charge on any atom is 0.335 e. The smallest absolute Gasteiger partial charge is 0.335 e. The van der Waals surface area contributed by atoms with E-state index in [0.717, 1.165) is 48.4 Å². The summed E-state index contributed by atoms with van der Waals surface area (Å²) in [6, 6.07) is 33.7. The van der Waals surface area contributed by atoms with Crippen molar-refractivity contribution in [2.45, 2.75) is 48.6 Å². The normalized spacial score (nSPS) is 11.0. The van der Waals surface area contributed by atoms with Crippen LogP contribution in [0.5, 0.6) is 5.75 Å². The molecule has 4 aromatic rings. The summed E-state index contributed by atoms with van der Waals surface area (Å²) in [6.07, 6.45) is 2.32. The second-order valence-corrected chi connectivity index (χ2v) is 11.0. The van der Waals surface area contributed by atoms with Crippen molar-refractivity contribution in [3.63, 3.8) is 0 Å². The molecule has 0 amide bonds. The van der Waals surface area contributed by atoms with E-state index in [2.05, 4.69) is 47.4 Å². The van der Waals surface area contributed by atoms with Gasteiger partial charge in [-0.1, -0.05) is 72.4 Å². The summed E-state index contributed by atoms with van der Waals surface area (Å²) < 4.78 is 6.25. The molecule has 6 nitrogen and oxygen atoms in total. The summed E-state index contributed by atoms with van der Waals surface area (Å²) in [5, 5.41) is 18.2. The van der Waals surface area contributed by atoms with E-state index in [1.165, 1.54) is 9.79 Å². The first kappa shape index (κ1) is 29.9. The summed E-state index contributed by atoms with van der Waals surface area (Å²) >= 11 is 1.73. The van der Waals surface area contributed by atoms with Gasteiger partial charge in [-0.15, -0.1) is 0 Å². The zero-order chi connectivity index (χ0) is 28.9. The third kappa shape index (κ3) is 10.1. The van der Waals surface area contributed by atoms with Crippen LogP contribution in [0.3, 0.4) is 0 Å². The zero-order valence-corrected chi connectivity index (χ0v) is 23.8. The molecule has 0 unspecified atom stereocenters. The van der Waals surface area contributed by atoms with E-state index in [0.29, 0.717) is 19.6 Å². The van der Waals surface area contributed by atoms with Crippen LogP contribution in [-0.2, 0) is 24.4 Å². The molecule has 0 bridgehead atoms. The molecule has 0 heterocycles. The highest BCUT2D eigenvalue weighted by molar-refractivity contribution is 7.99. The van der Waals surface area contributed by atoms with Gasteiger partial charge in [0.25, 0.3) is 0 Å². The predicted octanol–water partition coefficient (Wildman–Crippen LogP) is 7.41. The molecule has 2 N–H and O–H groups in total. The highest BCUT2D eigenvalue weighted by Crippen LogP contribution is 2.28. The highest BCUT2D eigenvalue weighted by Gasteiger charge is 2.11. The van der Waals surface area contributed by atoms with E-state index in [9.17, 15) is 14.7 Å². The molecule has 4 rings (SSSR count). The van der Waals surface area contributed by atoms with E-state index in [4.69, 9.17) is 9.84 Å². The Morgan fingerprint density at radius 1 is 0.707 bits per heavy atom. The lowest BCUT2D eigenvalue weighted by atomic mass is 10.1. The lowest BCUT2D eigenvalue weighted by molar-refractivity contribution is -0.137. The minimum Gasteiger partial charge on any atom is -0.489 e. The van der Waals surface area contributed by atoms with Gasteiger partial charge in [-0.3, -0.25) is 9.69 Å². The van der Waals surface area contributed by atoms with Crippen LogP contribution >= 0.6 is 11.8 Å². The monoisotopic (exact) mass is 569 g/mol. The molecule has 0 saturated carbocycles. The van der Waals surface area contributed by atoms with Gasteiger partial charge in [-0.05, 0) is 85.0 Å². The lowest BCUT2D eigenvalue weighted by Crippen LogP contribution is -2.27. The number of carboxylic acids is 2. The Kier molecular flexibility index (Phi) is 11.4. The quantitative estimate of drug-likeness (QED) is 0.136. The standard InChI is InChI=1S/C34H35NO5S/c36-33(37)12-6-7-22-35(24-26-13-17-29(18-14-26)34(38)39)23-21-28-8-4-5-11-32(28)40-25-27-15-19-31(20-16-27)41-30-9-2-1-3-10-30/h1-5,8-11,13-20H,6-7,12,21-25H2,(H,36,37)(H,38,39). The average Bonchev–Trinajstić information content (AvgIpc) is 2.98. The Morgan fingerprint density at radius 2 is 1.37 bits per heavy atom. The van der Waals surface area contributed by atoms with Crippen molar-refractivity contribution >= 4 is 23.7 Å². The predicted molar refractivity (Wildman–Crippen MR) is 162 cm³/mol. The number of nitrogens with zero attached hydrogens (tertiary/aromatic N) is 1. The van der Waals surface area contributed by atoms with Crippen LogP contribution in [0.2, 0.25) is 0 Å². The fraction of sp³-hybridized carbons (Fsp3) is 0.235. The Balaban J connectivity index is 1.35. The van der Waals surface area contributed by atoms with Crippen LogP contribution in [0, 0.1) is 0 Å². The first-order valence-electron chi connectivity index (χ1n) is 13.8. The Hall–Kier alpha value is -4.07. The minimum absolute atomic E-state index is 0.156. The molecule has 0 aromatic heterocycles. The van der Waals surface area contributed by atoms with Crippen LogP contribution in [0.15, 0.2) is 113 Å². The number of para-hydroxylation sites is 1. The van der Waals surface area contributed by atoms with E-state index in [-0.39, 0.29) is 12.0 Å². The first-order valence-corrected chi connectivity index (χ1v) is 14.6. The van der Waals surface area contributed by atoms with Gasteiger partial charge in [0.05, 0.1) is 5.56 Å². The molecule has 0 saturated heterocycles. The van der Waals surface area contributed by atoms with E-state index >= 15 is 0 Å². The maximum absolute atomic E-state index is 11.2. The maximum atomic E-state index is 11.2. The van der Waals surface area contributed by atoms with Crippen molar-refractivity contribution in [1.29, 1.82) is 0 Å². The fourth-order valence-corrected chi connectivity index (χ4v) is 5.30. The van der Waals surface area contributed by atoms with Crippen molar-refractivity contribution in [3.8, 4) is 5.75 Å². The van der Waals surface area contributed by atoms with Crippen molar-refractivity contribution in [2.75, 3.05) is 13.1 Å². The van der Waals surface area contributed by atoms with Crippen LogP contribution in [-0.4, -0.2) is 40.1 Å². The summed E-state index contributed by atoms with van der Waals surface area (Å²) in [6.45, 7) is 2.65. The van der Waals surface area contributed by atoms with Gasteiger partial charge in [-0.2, -0.15) is 0 Å². The third-order valence-electron chi connectivity index (χ3n) is 6.69. The second kappa shape index (κ2) is 15.6. The number of benzene rings is 4. The van der Waals surface area contributed by atoms with Gasteiger partial charge in [0.1, 0.15) is 12.4 Å². The molecule has 0 spiro atoms. The Bertz CT molecular complexity index is 1390. The van der Waals surface area contributed by atoms with E-state index in [1.54, 1.807) is 23.9 Å². The lowest BCUT2D eigenvalue weighted by Gasteiger charge is -2.23. The number of rotatable bonds is 16. The summed E-state index contributed by atoms with van der Waals surface area (Å²) in [5.41, 5.74) is 3.49. The zero-order valence-electron chi connectivity index (χ0n) is 22.9. The third-order valence-corrected chi connectivity index (χ3v) is 7.70. The summed E-state index contributed by atoms with van der Waals surface area (Å²) in [5.74, 6) is -0.871. The van der Waals surface area contributed by atoms with E-state index < -0.39 is 11.9 Å². The summed E-state index contributed by atoms with van der Waals surface area (Å²) in [7, 11) is 0. The molecule has 4 aromatic carbocycles. The van der Waals surface area contributed by atoms with Crippen molar-refractivity contribution in [3.05, 3.63) is 125 Å². The molecule has 0 radical (unpaired) electrons. The molecular weight excluding hydrogens is 534 g/mol. The average molecular weight is 570 g/mol. The number of hydrogen-bond acceptors (Lipinski definition) is 5. The molecule has 0 atom stereocenters. The highest BCUT2D eigenvalue weighted by atomic mass is 32.2. The Morgan fingerprint density at radius 3 is 2.07 bits per heavy atom. The van der Waals surface area contributed by atoms with Gasteiger partial charge in [0.2, 0.25) is 0 Å². The number of hydrogen-bond donors (Lipinski definition) is 2. The SMILES string of the molecule is O=C(O)CCCCN(CCc1ccccc1OCc1ccc(Sc2ccccc2)cc1)Cc1ccc(C(=O)O)cc1. The van der Waals surface area contributed by atoms with Gasteiger partial charge < -0.3 is 14.9 Å². The molecular formula is C34H35NO5S. The largest absolute Gasteiger partial charge is 0.489 e. The number of unbranched alkanes of at least 4 members (excludes halogenated alkanes) is 1. The van der Waals surface area contributed by atoms with Crippen LogP contribution in [0.25, 0.3) is 0 Å².